The fourth-order valence-electron chi connectivity index (χ4n) is 1.24. The lowest BCUT2D eigenvalue weighted by atomic mass is 10.1. The van der Waals surface area contributed by atoms with Crippen LogP contribution in [0.25, 0.3) is 0 Å². The minimum atomic E-state index is -0.254. The van der Waals surface area contributed by atoms with Crippen LogP contribution in [0.3, 0.4) is 0 Å². The van der Waals surface area contributed by atoms with Gasteiger partial charge >= 0.3 is 0 Å². The highest BCUT2D eigenvalue weighted by atomic mass is 32.1. The van der Waals surface area contributed by atoms with E-state index < -0.39 is 0 Å². The Hall–Kier alpha value is -0.450. The molecule has 1 atom stereocenters. The molecule has 0 aliphatic heterocycles. The van der Waals surface area contributed by atoms with Crippen molar-refractivity contribution in [3.63, 3.8) is 0 Å². The molecule has 3 nitrogen and oxygen atoms in total. The molecule has 1 aromatic rings. The smallest absolute Gasteiger partial charge is 0.0794 e. The predicted octanol–water partition coefficient (Wildman–Crippen LogP) is 1.86. The first-order valence-corrected chi connectivity index (χ1v) is 5.84. The van der Waals surface area contributed by atoms with Crippen LogP contribution in [0.4, 0.5) is 0 Å². The topological polar surface area (TPSA) is 42.4 Å². The van der Waals surface area contributed by atoms with E-state index in [1.165, 1.54) is 0 Å². The summed E-state index contributed by atoms with van der Waals surface area (Å²) < 4.78 is 5.20. The Morgan fingerprint density at radius 2 is 2.50 bits per heavy atom. The maximum absolute atomic E-state index is 9.64. The van der Waals surface area contributed by atoms with Crippen LogP contribution in [-0.4, -0.2) is 29.4 Å². The summed E-state index contributed by atoms with van der Waals surface area (Å²) in [6, 6.07) is 0. The van der Waals surface area contributed by atoms with E-state index in [0.29, 0.717) is 0 Å². The molecule has 0 saturated carbocycles. The maximum atomic E-state index is 9.64. The van der Waals surface area contributed by atoms with Crippen LogP contribution in [0, 0.1) is 0 Å². The summed E-state index contributed by atoms with van der Waals surface area (Å²) in [6.45, 7) is 3.48. The van der Waals surface area contributed by atoms with Crippen molar-refractivity contribution in [2.75, 3.05) is 13.2 Å². The molecule has 0 amide bonds. The fraction of sp³-hybridized carbons (Fsp3) is 0.700. The zero-order chi connectivity index (χ0) is 10.2. The lowest BCUT2D eigenvalue weighted by molar-refractivity contribution is 0.114. The summed E-state index contributed by atoms with van der Waals surface area (Å²) >= 11 is 1.59. The largest absolute Gasteiger partial charge is 0.393 e. The van der Waals surface area contributed by atoms with Gasteiger partial charge in [0, 0.05) is 30.7 Å². The number of aromatic nitrogens is 1. The van der Waals surface area contributed by atoms with Gasteiger partial charge in [0.25, 0.3) is 0 Å². The lowest BCUT2D eigenvalue weighted by Gasteiger charge is -2.08. The third kappa shape index (κ3) is 4.69. The Balaban J connectivity index is 2.07. The highest BCUT2D eigenvalue weighted by Gasteiger charge is 2.06. The number of aliphatic hydroxyl groups is 1. The quantitative estimate of drug-likeness (QED) is 0.706. The first-order valence-electron chi connectivity index (χ1n) is 4.96. The molecule has 0 aliphatic carbocycles. The van der Waals surface area contributed by atoms with Crippen LogP contribution < -0.4 is 0 Å². The molecule has 1 unspecified atom stereocenters. The normalized spacial score (nSPS) is 13.0. The van der Waals surface area contributed by atoms with Gasteiger partial charge in [0.1, 0.15) is 0 Å². The first-order chi connectivity index (χ1) is 6.83. The van der Waals surface area contributed by atoms with Gasteiger partial charge in [0.05, 0.1) is 11.6 Å². The Morgan fingerprint density at radius 1 is 1.64 bits per heavy atom. The second-order valence-electron chi connectivity index (χ2n) is 3.16. The van der Waals surface area contributed by atoms with Gasteiger partial charge in [-0.2, -0.15) is 0 Å². The minimum Gasteiger partial charge on any atom is -0.393 e. The molecule has 1 N–H and O–H groups in total. The van der Waals surface area contributed by atoms with Gasteiger partial charge < -0.3 is 9.84 Å². The van der Waals surface area contributed by atoms with E-state index in [9.17, 15) is 5.11 Å². The summed E-state index contributed by atoms with van der Waals surface area (Å²) in [7, 11) is 0. The van der Waals surface area contributed by atoms with Crippen LogP contribution >= 0.6 is 11.3 Å². The summed E-state index contributed by atoms with van der Waals surface area (Å²) in [5.74, 6) is 0. The van der Waals surface area contributed by atoms with Crippen LogP contribution in [0.15, 0.2) is 11.7 Å². The summed E-state index contributed by atoms with van der Waals surface area (Å²) in [5, 5.41) is 9.64. The molecular formula is C10H17NO2S. The van der Waals surface area contributed by atoms with Gasteiger partial charge in [0.15, 0.2) is 0 Å². The SMILES string of the molecule is CCOCCCC(O)Cc1cncs1. The molecule has 0 aromatic carbocycles. The number of aliphatic hydroxyl groups excluding tert-OH is 1. The van der Waals surface area contributed by atoms with Crippen molar-refractivity contribution in [3.05, 3.63) is 16.6 Å². The third-order valence-electron chi connectivity index (χ3n) is 1.95. The minimum absolute atomic E-state index is 0.254. The van der Waals surface area contributed by atoms with E-state index in [4.69, 9.17) is 4.74 Å². The predicted molar refractivity (Wildman–Crippen MR) is 57.6 cm³/mol. The number of thiazole rings is 1. The molecule has 1 rings (SSSR count). The molecule has 0 saturated heterocycles. The third-order valence-corrected chi connectivity index (χ3v) is 2.75. The molecule has 0 bridgehead atoms. The van der Waals surface area contributed by atoms with E-state index in [-0.39, 0.29) is 6.10 Å². The number of hydrogen-bond acceptors (Lipinski definition) is 4. The fourth-order valence-corrected chi connectivity index (χ4v) is 1.91. The van der Waals surface area contributed by atoms with Gasteiger partial charge in [0.2, 0.25) is 0 Å². The van der Waals surface area contributed by atoms with Gasteiger partial charge in [-0.25, -0.2) is 0 Å². The molecule has 14 heavy (non-hydrogen) atoms. The molecule has 80 valence electrons. The van der Waals surface area contributed by atoms with Gasteiger partial charge in [-0.05, 0) is 19.8 Å². The number of nitrogens with zero attached hydrogens (tertiary/aromatic N) is 1. The van der Waals surface area contributed by atoms with Crippen molar-refractivity contribution in [2.45, 2.75) is 32.3 Å². The molecule has 4 heteroatoms. The molecule has 0 fully saturated rings. The molecule has 0 spiro atoms. The van der Waals surface area contributed by atoms with E-state index in [1.54, 1.807) is 16.8 Å². The lowest BCUT2D eigenvalue weighted by Crippen LogP contribution is -2.10. The standard InChI is InChI=1S/C10H17NO2S/c1-2-13-5-3-4-9(12)6-10-7-11-8-14-10/h7-9,12H,2-6H2,1H3. The van der Waals surface area contributed by atoms with Crippen molar-refractivity contribution in [3.8, 4) is 0 Å². The average Bonchev–Trinajstić information content (AvgIpc) is 2.65. The first kappa shape index (κ1) is 11.6. The average molecular weight is 215 g/mol. The van der Waals surface area contributed by atoms with Gasteiger partial charge in [-0.3, -0.25) is 4.98 Å². The number of rotatable bonds is 7. The highest BCUT2D eigenvalue weighted by Crippen LogP contribution is 2.11. The van der Waals surface area contributed by atoms with E-state index in [1.807, 2.05) is 13.1 Å². The molecule has 1 heterocycles. The van der Waals surface area contributed by atoms with Crippen LogP contribution in [0.1, 0.15) is 24.6 Å². The maximum Gasteiger partial charge on any atom is 0.0794 e. The van der Waals surface area contributed by atoms with Crippen LogP contribution in [0.2, 0.25) is 0 Å². The summed E-state index contributed by atoms with van der Waals surface area (Å²) in [6.07, 6.45) is 4.01. The zero-order valence-electron chi connectivity index (χ0n) is 8.48. The Kier molecular flexibility index (Phi) is 5.75. The number of hydrogen-bond donors (Lipinski definition) is 1. The van der Waals surface area contributed by atoms with Gasteiger partial charge in [-0.1, -0.05) is 0 Å². The van der Waals surface area contributed by atoms with E-state index in [2.05, 4.69) is 4.98 Å². The second kappa shape index (κ2) is 6.92. The highest BCUT2D eigenvalue weighted by molar-refractivity contribution is 7.09. The molecule has 0 radical (unpaired) electrons. The number of ether oxygens (including phenoxy) is 1. The molecule has 0 aliphatic rings. The molecule has 1 aromatic heterocycles. The Labute approximate surface area is 88.8 Å². The molecular weight excluding hydrogens is 198 g/mol. The van der Waals surface area contributed by atoms with Crippen molar-refractivity contribution >= 4 is 11.3 Å². The van der Waals surface area contributed by atoms with Crippen LogP contribution in [0.5, 0.6) is 0 Å². The van der Waals surface area contributed by atoms with Crippen molar-refractivity contribution < 1.29 is 9.84 Å². The van der Waals surface area contributed by atoms with E-state index in [0.717, 1.165) is 37.4 Å². The van der Waals surface area contributed by atoms with E-state index >= 15 is 0 Å². The monoisotopic (exact) mass is 215 g/mol. The zero-order valence-corrected chi connectivity index (χ0v) is 9.30. The summed E-state index contributed by atoms with van der Waals surface area (Å²) in [5.41, 5.74) is 1.79. The van der Waals surface area contributed by atoms with Crippen LogP contribution in [-0.2, 0) is 11.2 Å². The van der Waals surface area contributed by atoms with Gasteiger partial charge in [-0.15, -0.1) is 11.3 Å². The Morgan fingerprint density at radius 3 is 3.14 bits per heavy atom. The Bertz CT molecular complexity index is 226. The van der Waals surface area contributed by atoms with Crippen molar-refractivity contribution in [2.24, 2.45) is 0 Å². The summed E-state index contributed by atoms with van der Waals surface area (Å²) in [4.78, 5) is 5.11. The van der Waals surface area contributed by atoms with Crippen molar-refractivity contribution in [1.82, 2.24) is 4.98 Å². The second-order valence-corrected chi connectivity index (χ2v) is 4.14. The van der Waals surface area contributed by atoms with Crippen molar-refractivity contribution in [1.29, 1.82) is 0 Å².